The molecule has 0 saturated heterocycles. The summed E-state index contributed by atoms with van der Waals surface area (Å²) >= 11 is -2.40. The van der Waals surface area contributed by atoms with Crippen LogP contribution < -0.4 is 0 Å². The molecule has 0 saturated carbocycles. The molecule has 0 spiro atoms. The zero-order valence-corrected chi connectivity index (χ0v) is 11.8. The Kier molecular flexibility index (Phi) is 9.51. The van der Waals surface area contributed by atoms with Gasteiger partial charge in [-0.2, -0.15) is 0 Å². The number of hydrogen-bond donors (Lipinski definition) is 0. The van der Waals surface area contributed by atoms with E-state index in [-0.39, 0.29) is 0 Å². The van der Waals surface area contributed by atoms with Gasteiger partial charge < -0.3 is 0 Å². The molecule has 0 aliphatic rings. The second-order valence-electron chi connectivity index (χ2n) is 3.49. The Labute approximate surface area is 98.1 Å². The standard InChI is InChI=1S/C6H11O.2C2H5O.CH3.Ti/c1-3-5-6-7-4-2;2*1-2-3;;/h4H,1-3,5-6H2;2*2H2,1H3;1H3;/q;2*-1;;+2. The Morgan fingerprint density at radius 1 is 1.13 bits per heavy atom. The fourth-order valence-corrected chi connectivity index (χ4v) is 5.39. The molecule has 4 heteroatoms. The average molecular weight is 252 g/mol. The van der Waals surface area contributed by atoms with E-state index < -0.39 is 17.4 Å². The van der Waals surface area contributed by atoms with Gasteiger partial charge in [0.15, 0.2) is 0 Å². The van der Waals surface area contributed by atoms with Crippen LogP contribution in [-0.4, -0.2) is 19.8 Å². The van der Waals surface area contributed by atoms with Crippen molar-refractivity contribution in [1.29, 1.82) is 0 Å². The number of hydrogen-bond acceptors (Lipinski definition) is 3. The topological polar surface area (TPSA) is 27.7 Å². The van der Waals surface area contributed by atoms with Crippen LogP contribution in [0.15, 0.2) is 12.8 Å². The fourth-order valence-electron chi connectivity index (χ4n) is 1.51. The molecule has 0 unspecified atom stereocenters. The van der Waals surface area contributed by atoms with Crippen molar-refractivity contribution in [1.82, 2.24) is 0 Å². The molecule has 0 fully saturated rings. The summed E-state index contributed by atoms with van der Waals surface area (Å²) in [5, 5.41) is 2.18. The van der Waals surface area contributed by atoms with E-state index in [1.54, 1.807) is 0 Å². The van der Waals surface area contributed by atoms with Crippen molar-refractivity contribution in [3.63, 3.8) is 0 Å². The fraction of sp³-hybridized carbons (Fsp3) is 0.818. The summed E-state index contributed by atoms with van der Waals surface area (Å²) in [4.78, 5) is 0. The first kappa shape index (κ1) is 15.2. The predicted octanol–water partition coefficient (Wildman–Crippen LogP) is 3.45. The molecule has 3 nitrogen and oxygen atoms in total. The van der Waals surface area contributed by atoms with Gasteiger partial charge in [0.2, 0.25) is 0 Å². The molecule has 0 amide bonds. The van der Waals surface area contributed by atoms with Crippen molar-refractivity contribution in [2.24, 2.45) is 0 Å². The van der Waals surface area contributed by atoms with Crippen LogP contribution >= 0.6 is 0 Å². The Hall–Kier alpha value is 0.174. The average Bonchev–Trinajstić information content (AvgIpc) is 2.18. The van der Waals surface area contributed by atoms with E-state index in [1.807, 2.05) is 13.8 Å². The maximum absolute atomic E-state index is 5.78. The van der Waals surface area contributed by atoms with Crippen LogP contribution in [0, 0.1) is 0 Å². The van der Waals surface area contributed by atoms with E-state index in [4.69, 9.17) is 11.4 Å². The summed E-state index contributed by atoms with van der Waals surface area (Å²) < 4.78 is 17.7. The molecule has 0 bridgehead atoms. The summed E-state index contributed by atoms with van der Waals surface area (Å²) in [7, 11) is 0. The van der Waals surface area contributed by atoms with Crippen LogP contribution in [0.5, 0.6) is 0 Å². The van der Waals surface area contributed by atoms with E-state index in [1.165, 1.54) is 6.26 Å². The van der Waals surface area contributed by atoms with Crippen molar-refractivity contribution in [3.8, 4) is 0 Å². The van der Waals surface area contributed by atoms with Gasteiger partial charge in [-0.3, -0.25) is 0 Å². The van der Waals surface area contributed by atoms with Crippen LogP contribution in [0.3, 0.4) is 0 Å². The minimum atomic E-state index is -2.40. The first-order chi connectivity index (χ1) is 7.18. The maximum atomic E-state index is 5.78. The van der Waals surface area contributed by atoms with Crippen LogP contribution in [-0.2, 0) is 28.7 Å². The van der Waals surface area contributed by atoms with Gasteiger partial charge in [0.05, 0.1) is 0 Å². The van der Waals surface area contributed by atoms with Crippen molar-refractivity contribution < 1.29 is 28.7 Å². The van der Waals surface area contributed by atoms with Crippen molar-refractivity contribution in [3.05, 3.63) is 12.8 Å². The van der Waals surface area contributed by atoms with E-state index in [0.717, 1.165) is 37.4 Å². The van der Waals surface area contributed by atoms with Gasteiger partial charge in [-0.1, -0.05) is 0 Å². The van der Waals surface area contributed by atoms with E-state index in [9.17, 15) is 0 Å². The normalized spacial score (nSPS) is 11.4. The monoisotopic (exact) mass is 252 g/mol. The SMILES string of the molecule is C=COCCC[CH2][Ti]([CH3])([O]CC)[O]CC. The van der Waals surface area contributed by atoms with Gasteiger partial charge in [-0.05, 0) is 0 Å². The Morgan fingerprint density at radius 3 is 2.20 bits per heavy atom. The molecular weight excluding hydrogens is 228 g/mol. The minimum absolute atomic E-state index is 0.750. The molecular formula is C11H24O3Ti. The molecule has 15 heavy (non-hydrogen) atoms. The van der Waals surface area contributed by atoms with Gasteiger partial charge in [0.1, 0.15) is 0 Å². The number of ether oxygens (including phenoxy) is 1. The first-order valence-corrected chi connectivity index (χ1v) is 9.63. The molecule has 0 atom stereocenters. The van der Waals surface area contributed by atoms with Crippen LogP contribution in [0.2, 0.25) is 9.95 Å². The van der Waals surface area contributed by atoms with Gasteiger partial charge >= 0.3 is 98.0 Å². The van der Waals surface area contributed by atoms with Crippen LogP contribution in [0.4, 0.5) is 0 Å². The van der Waals surface area contributed by atoms with E-state index >= 15 is 0 Å². The van der Waals surface area contributed by atoms with Crippen molar-refractivity contribution in [2.75, 3.05) is 19.8 Å². The molecule has 0 radical (unpaired) electrons. The molecule has 0 N–H and O–H groups in total. The summed E-state index contributed by atoms with van der Waals surface area (Å²) in [6.45, 7) is 9.85. The number of rotatable bonds is 10. The third-order valence-electron chi connectivity index (χ3n) is 2.16. The van der Waals surface area contributed by atoms with Crippen LogP contribution in [0.25, 0.3) is 0 Å². The molecule has 0 aromatic rings. The summed E-state index contributed by atoms with van der Waals surface area (Å²) in [6.07, 6.45) is 3.66. The second kappa shape index (κ2) is 9.40. The number of unbranched alkanes of at least 4 members (excludes halogenated alkanes) is 1. The molecule has 0 aromatic carbocycles. The van der Waals surface area contributed by atoms with Gasteiger partial charge in [-0.15, -0.1) is 0 Å². The summed E-state index contributed by atoms with van der Waals surface area (Å²) in [6, 6.07) is 0. The Balaban J connectivity index is 3.69. The third-order valence-corrected chi connectivity index (χ3v) is 6.94. The second-order valence-corrected chi connectivity index (χ2v) is 8.72. The molecule has 0 heterocycles. The van der Waals surface area contributed by atoms with Gasteiger partial charge in [-0.25, -0.2) is 0 Å². The molecule has 0 aliphatic carbocycles. The summed E-state index contributed by atoms with van der Waals surface area (Å²) in [5.41, 5.74) is 0. The first-order valence-electron chi connectivity index (χ1n) is 5.69. The van der Waals surface area contributed by atoms with E-state index in [2.05, 4.69) is 11.8 Å². The van der Waals surface area contributed by atoms with Crippen molar-refractivity contribution >= 4 is 0 Å². The Morgan fingerprint density at radius 2 is 1.73 bits per heavy atom. The van der Waals surface area contributed by atoms with E-state index in [0.29, 0.717) is 0 Å². The zero-order valence-electron chi connectivity index (χ0n) is 10.3. The Bertz CT molecular complexity index is 156. The summed E-state index contributed by atoms with van der Waals surface area (Å²) in [5.74, 6) is 0. The van der Waals surface area contributed by atoms with Crippen molar-refractivity contribution in [2.45, 2.75) is 36.6 Å². The molecule has 90 valence electrons. The van der Waals surface area contributed by atoms with Gasteiger partial charge in [0.25, 0.3) is 0 Å². The zero-order chi connectivity index (χ0) is 11.6. The van der Waals surface area contributed by atoms with Gasteiger partial charge in [0, 0.05) is 0 Å². The molecule has 0 rings (SSSR count). The van der Waals surface area contributed by atoms with Crippen LogP contribution in [0.1, 0.15) is 26.7 Å². The molecule has 0 aliphatic heterocycles. The predicted molar refractivity (Wildman–Crippen MR) is 59.3 cm³/mol. The molecule has 0 aromatic heterocycles. The quantitative estimate of drug-likeness (QED) is 0.338. The third kappa shape index (κ3) is 8.03.